The summed E-state index contributed by atoms with van der Waals surface area (Å²) in [5.74, 6) is 0.529. The zero-order valence-corrected chi connectivity index (χ0v) is 14.7. The molecule has 0 atom stereocenters. The standard InChI is InChI=1S/C16H18BrN3OS/c17-11-4-3-5-12(10-11)20-14-7-2-1-6-13(14)15(19-20)16(21)18-8-9-22/h3-5,10,22H,1-2,6-9H2,(H,18,21). The smallest absolute Gasteiger partial charge is 0.272 e. The molecule has 3 rings (SSSR count). The third-order valence-corrected chi connectivity index (χ3v) is 4.56. The Kier molecular flexibility index (Phi) is 4.88. The van der Waals surface area contributed by atoms with Crippen LogP contribution in [-0.4, -0.2) is 28.0 Å². The maximum absolute atomic E-state index is 12.4. The highest BCUT2D eigenvalue weighted by Crippen LogP contribution is 2.27. The van der Waals surface area contributed by atoms with Crippen LogP contribution in [-0.2, 0) is 12.8 Å². The third kappa shape index (κ3) is 3.08. The molecule has 0 spiro atoms. The molecule has 0 bridgehead atoms. The molecule has 0 fully saturated rings. The molecule has 6 heteroatoms. The molecule has 1 aliphatic rings. The Morgan fingerprint density at radius 3 is 2.95 bits per heavy atom. The number of aromatic nitrogens is 2. The number of rotatable bonds is 4. The molecule has 116 valence electrons. The van der Waals surface area contributed by atoms with Gasteiger partial charge in [-0.05, 0) is 43.9 Å². The molecule has 1 aromatic carbocycles. The van der Waals surface area contributed by atoms with E-state index in [4.69, 9.17) is 0 Å². The monoisotopic (exact) mass is 379 g/mol. The first-order valence-corrected chi connectivity index (χ1v) is 8.89. The Morgan fingerprint density at radius 2 is 2.18 bits per heavy atom. The molecule has 1 amide bonds. The van der Waals surface area contributed by atoms with Crippen LogP contribution in [0.4, 0.5) is 0 Å². The average molecular weight is 380 g/mol. The van der Waals surface area contributed by atoms with Gasteiger partial charge in [0.1, 0.15) is 0 Å². The van der Waals surface area contributed by atoms with Crippen LogP contribution in [0.25, 0.3) is 5.69 Å². The van der Waals surface area contributed by atoms with Crippen LogP contribution >= 0.6 is 28.6 Å². The molecular weight excluding hydrogens is 362 g/mol. The summed E-state index contributed by atoms with van der Waals surface area (Å²) >= 11 is 7.63. The van der Waals surface area contributed by atoms with E-state index in [-0.39, 0.29) is 5.91 Å². The van der Waals surface area contributed by atoms with E-state index >= 15 is 0 Å². The highest BCUT2D eigenvalue weighted by molar-refractivity contribution is 9.10. The van der Waals surface area contributed by atoms with Crippen LogP contribution in [0, 0.1) is 0 Å². The lowest BCUT2D eigenvalue weighted by Gasteiger charge is -2.14. The van der Waals surface area contributed by atoms with Gasteiger partial charge in [-0.3, -0.25) is 4.79 Å². The van der Waals surface area contributed by atoms with Gasteiger partial charge in [0, 0.05) is 28.0 Å². The number of benzene rings is 1. The summed E-state index contributed by atoms with van der Waals surface area (Å²) in [5.41, 5.74) is 3.82. The van der Waals surface area contributed by atoms with Gasteiger partial charge in [-0.1, -0.05) is 22.0 Å². The van der Waals surface area contributed by atoms with Crippen LogP contribution in [0.3, 0.4) is 0 Å². The summed E-state index contributed by atoms with van der Waals surface area (Å²) in [4.78, 5) is 12.4. The van der Waals surface area contributed by atoms with Crippen molar-refractivity contribution < 1.29 is 4.79 Å². The van der Waals surface area contributed by atoms with E-state index in [2.05, 4.69) is 39.0 Å². The summed E-state index contributed by atoms with van der Waals surface area (Å²) in [6.07, 6.45) is 4.15. The van der Waals surface area contributed by atoms with Crippen molar-refractivity contribution in [2.75, 3.05) is 12.3 Å². The molecule has 22 heavy (non-hydrogen) atoms. The number of nitrogens with zero attached hydrogens (tertiary/aromatic N) is 2. The SMILES string of the molecule is O=C(NCCS)c1nn(-c2cccc(Br)c2)c2c1CCCC2. The Hall–Kier alpha value is -1.27. The molecular formula is C16H18BrN3OS. The first-order valence-electron chi connectivity index (χ1n) is 7.46. The van der Waals surface area contributed by atoms with Crippen molar-refractivity contribution in [1.29, 1.82) is 0 Å². The first-order chi connectivity index (χ1) is 10.7. The van der Waals surface area contributed by atoms with Crippen molar-refractivity contribution in [3.05, 3.63) is 45.7 Å². The average Bonchev–Trinajstić information content (AvgIpc) is 2.92. The van der Waals surface area contributed by atoms with Gasteiger partial charge in [0.15, 0.2) is 5.69 Å². The van der Waals surface area contributed by atoms with E-state index in [0.717, 1.165) is 41.4 Å². The largest absolute Gasteiger partial charge is 0.350 e. The number of hydrogen-bond acceptors (Lipinski definition) is 3. The quantitative estimate of drug-likeness (QED) is 0.801. The minimum atomic E-state index is -0.0963. The molecule has 0 unspecified atom stereocenters. The van der Waals surface area contributed by atoms with E-state index in [9.17, 15) is 4.79 Å². The van der Waals surface area contributed by atoms with Crippen LogP contribution in [0.15, 0.2) is 28.7 Å². The van der Waals surface area contributed by atoms with Gasteiger partial charge in [-0.2, -0.15) is 17.7 Å². The van der Waals surface area contributed by atoms with Gasteiger partial charge in [0.05, 0.1) is 5.69 Å². The molecule has 0 aliphatic heterocycles. The van der Waals surface area contributed by atoms with Crippen LogP contribution in [0.1, 0.15) is 34.6 Å². The van der Waals surface area contributed by atoms with Crippen molar-refractivity contribution in [3.8, 4) is 5.69 Å². The summed E-state index contributed by atoms with van der Waals surface area (Å²) in [7, 11) is 0. The van der Waals surface area contributed by atoms with Gasteiger partial charge in [0.2, 0.25) is 0 Å². The summed E-state index contributed by atoms with van der Waals surface area (Å²) in [6, 6.07) is 8.01. The zero-order chi connectivity index (χ0) is 15.5. The fraction of sp³-hybridized carbons (Fsp3) is 0.375. The van der Waals surface area contributed by atoms with Crippen molar-refractivity contribution in [2.24, 2.45) is 0 Å². The van der Waals surface area contributed by atoms with Gasteiger partial charge in [-0.15, -0.1) is 0 Å². The number of nitrogens with one attached hydrogen (secondary N) is 1. The number of carbonyl (C=O) groups excluding carboxylic acids is 1. The highest BCUT2D eigenvalue weighted by Gasteiger charge is 2.25. The molecule has 1 aliphatic carbocycles. The van der Waals surface area contributed by atoms with Gasteiger partial charge in [0.25, 0.3) is 5.91 Å². The summed E-state index contributed by atoms with van der Waals surface area (Å²) in [6.45, 7) is 0.556. The van der Waals surface area contributed by atoms with Crippen molar-refractivity contribution in [1.82, 2.24) is 15.1 Å². The number of amides is 1. The lowest BCUT2D eigenvalue weighted by Crippen LogP contribution is -2.27. The number of fused-ring (bicyclic) bond motifs is 1. The molecule has 0 saturated heterocycles. The van der Waals surface area contributed by atoms with E-state index in [1.54, 1.807) is 0 Å². The summed E-state index contributed by atoms with van der Waals surface area (Å²) < 4.78 is 2.93. The zero-order valence-electron chi connectivity index (χ0n) is 12.2. The predicted octanol–water partition coefficient (Wildman–Crippen LogP) is 3.17. The van der Waals surface area contributed by atoms with Crippen molar-refractivity contribution in [2.45, 2.75) is 25.7 Å². The number of thiol groups is 1. The normalized spacial score (nSPS) is 13.7. The third-order valence-electron chi connectivity index (χ3n) is 3.85. The van der Waals surface area contributed by atoms with E-state index < -0.39 is 0 Å². The van der Waals surface area contributed by atoms with Gasteiger partial charge >= 0.3 is 0 Å². The van der Waals surface area contributed by atoms with E-state index in [1.807, 2.05) is 28.9 Å². The number of carbonyl (C=O) groups is 1. The second kappa shape index (κ2) is 6.87. The Bertz CT molecular complexity index is 699. The second-order valence-electron chi connectivity index (χ2n) is 5.35. The van der Waals surface area contributed by atoms with Crippen LogP contribution in [0.2, 0.25) is 0 Å². The fourth-order valence-corrected chi connectivity index (χ4v) is 3.35. The highest BCUT2D eigenvalue weighted by atomic mass is 79.9. The molecule has 4 nitrogen and oxygen atoms in total. The molecule has 1 aromatic heterocycles. The minimum Gasteiger partial charge on any atom is -0.350 e. The second-order valence-corrected chi connectivity index (χ2v) is 6.72. The maximum Gasteiger partial charge on any atom is 0.272 e. The van der Waals surface area contributed by atoms with E-state index in [1.165, 1.54) is 5.69 Å². The van der Waals surface area contributed by atoms with Crippen LogP contribution in [0.5, 0.6) is 0 Å². The minimum absolute atomic E-state index is 0.0963. The Labute approximate surface area is 143 Å². The molecule has 1 N–H and O–H groups in total. The lowest BCUT2D eigenvalue weighted by molar-refractivity contribution is 0.0950. The van der Waals surface area contributed by atoms with Gasteiger partial charge in [-0.25, -0.2) is 4.68 Å². The molecule has 2 aromatic rings. The number of halogens is 1. The topological polar surface area (TPSA) is 46.9 Å². The molecule has 0 saturated carbocycles. The molecule has 0 radical (unpaired) electrons. The lowest BCUT2D eigenvalue weighted by atomic mass is 9.95. The first kappa shape index (κ1) is 15.6. The summed E-state index contributed by atoms with van der Waals surface area (Å²) in [5, 5.41) is 7.49. The molecule has 1 heterocycles. The Balaban J connectivity index is 2.04. The van der Waals surface area contributed by atoms with E-state index in [0.29, 0.717) is 18.0 Å². The Morgan fingerprint density at radius 1 is 1.36 bits per heavy atom. The fourth-order valence-electron chi connectivity index (χ4n) is 2.86. The van der Waals surface area contributed by atoms with Crippen molar-refractivity contribution >= 4 is 34.5 Å². The van der Waals surface area contributed by atoms with Crippen molar-refractivity contribution in [3.63, 3.8) is 0 Å². The maximum atomic E-state index is 12.4. The van der Waals surface area contributed by atoms with Crippen LogP contribution < -0.4 is 5.32 Å². The number of hydrogen-bond donors (Lipinski definition) is 2. The van der Waals surface area contributed by atoms with Gasteiger partial charge < -0.3 is 5.32 Å². The predicted molar refractivity (Wildman–Crippen MR) is 94.1 cm³/mol.